The molecule has 212 valence electrons. The van der Waals surface area contributed by atoms with Gasteiger partial charge in [0.15, 0.2) is 0 Å². The highest BCUT2D eigenvalue weighted by Gasteiger charge is 2.16. The maximum absolute atomic E-state index is 13.3. The van der Waals surface area contributed by atoms with Crippen molar-refractivity contribution in [1.29, 1.82) is 0 Å². The molecule has 0 atom stereocenters. The van der Waals surface area contributed by atoms with E-state index in [0.29, 0.717) is 26.7 Å². The first kappa shape index (κ1) is 29.9. The zero-order chi connectivity index (χ0) is 30.1. The molecule has 11 heteroatoms. The Bertz CT molecular complexity index is 1680. The van der Waals surface area contributed by atoms with Gasteiger partial charge in [0.25, 0.3) is 11.8 Å². The molecule has 0 aliphatic carbocycles. The van der Waals surface area contributed by atoms with Gasteiger partial charge in [0.2, 0.25) is 5.91 Å². The number of benzene rings is 4. The van der Waals surface area contributed by atoms with Gasteiger partial charge in [-0.2, -0.15) is 0 Å². The Morgan fingerprint density at radius 3 is 2.26 bits per heavy atom. The molecule has 0 unspecified atom stereocenters. The van der Waals surface area contributed by atoms with Crippen LogP contribution in [0.25, 0.3) is 6.08 Å². The number of nitrogens with one attached hydrogen (secondary N) is 3. The zero-order valence-electron chi connectivity index (χ0n) is 21.8. The Hall–Kier alpha value is -5.06. The maximum atomic E-state index is 13.3. The minimum absolute atomic E-state index is 0.00846. The highest BCUT2D eigenvalue weighted by molar-refractivity contribution is 8.00. The number of aromatic hydroxyl groups is 1. The number of amides is 3. The van der Waals surface area contributed by atoms with E-state index in [4.69, 9.17) is 16.7 Å². The van der Waals surface area contributed by atoms with E-state index >= 15 is 0 Å². The lowest BCUT2D eigenvalue weighted by Crippen LogP contribution is -2.30. The van der Waals surface area contributed by atoms with E-state index in [-0.39, 0.29) is 22.7 Å². The number of thioether (sulfide) groups is 1. The average Bonchev–Trinajstić information content (AvgIpc) is 2.98. The molecule has 0 heterocycles. The van der Waals surface area contributed by atoms with Gasteiger partial charge in [0.05, 0.1) is 5.75 Å². The number of carboxylic acids is 1. The second kappa shape index (κ2) is 14.0. The molecule has 0 spiro atoms. The van der Waals surface area contributed by atoms with Crippen LogP contribution in [-0.2, 0) is 9.59 Å². The Morgan fingerprint density at radius 2 is 1.52 bits per heavy atom. The Labute approximate surface area is 250 Å². The van der Waals surface area contributed by atoms with Crippen LogP contribution in [0, 0.1) is 0 Å². The van der Waals surface area contributed by atoms with Crippen LogP contribution in [0.3, 0.4) is 0 Å². The number of carboxylic acid groups (broad SMARTS) is 1. The molecule has 4 aromatic carbocycles. The quantitative estimate of drug-likeness (QED) is 0.0866. The van der Waals surface area contributed by atoms with Crippen molar-refractivity contribution in [2.24, 2.45) is 0 Å². The Balaban J connectivity index is 1.44. The molecule has 0 aromatic heterocycles. The van der Waals surface area contributed by atoms with Crippen molar-refractivity contribution in [2.45, 2.75) is 4.90 Å². The molecule has 5 N–H and O–H groups in total. The highest BCUT2D eigenvalue weighted by atomic mass is 35.5. The smallest absolute Gasteiger partial charge is 0.339 e. The van der Waals surface area contributed by atoms with Gasteiger partial charge in [-0.05, 0) is 66.2 Å². The number of phenols is 1. The van der Waals surface area contributed by atoms with Crippen molar-refractivity contribution in [3.63, 3.8) is 0 Å². The summed E-state index contributed by atoms with van der Waals surface area (Å²) in [5, 5.41) is 27.2. The predicted octanol–water partition coefficient (Wildman–Crippen LogP) is 5.88. The number of carbonyl (C=O) groups excluding carboxylic acids is 3. The molecule has 0 aliphatic heterocycles. The summed E-state index contributed by atoms with van der Waals surface area (Å²) < 4.78 is 0. The first-order chi connectivity index (χ1) is 20.2. The number of carbonyl (C=O) groups is 4. The van der Waals surface area contributed by atoms with Gasteiger partial charge in [0, 0.05) is 26.9 Å². The largest absolute Gasteiger partial charge is 0.507 e. The SMILES string of the molecule is O=C(CSc1cccc(NC(=O)/C(=C\c2ccccc2Cl)NC(=O)c2ccccc2)c1)Nc1ccc(O)c(C(=O)O)c1. The summed E-state index contributed by atoms with van der Waals surface area (Å²) in [5.41, 5.74) is 1.22. The first-order valence-corrected chi connectivity index (χ1v) is 13.8. The molecule has 0 fully saturated rings. The van der Waals surface area contributed by atoms with Crippen LogP contribution in [0.5, 0.6) is 5.75 Å². The van der Waals surface area contributed by atoms with Crippen LogP contribution in [0.1, 0.15) is 26.3 Å². The van der Waals surface area contributed by atoms with Crippen molar-refractivity contribution in [2.75, 3.05) is 16.4 Å². The van der Waals surface area contributed by atoms with Crippen LogP contribution in [0.2, 0.25) is 5.02 Å². The van der Waals surface area contributed by atoms with E-state index in [9.17, 15) is 24.3 Å². The third-order valence-electron chi connectivity index (χ3n) is 5.71. The normalized spacial score (nSPS) is 10.9. The standard InChI is InChI=1S/C31H24ClN3O6S/c32-25-12-5-4-9-20(25)15-26(35-29(38)19-7-2-1-3-8-19)30(39)34-21-10-6-11-23(16-21)42-18-28(37)33-22-13-14-27(36)24(17-22)31(40)41/h1-17,36H,18H2,(H,33,37)(H,34,39)(H,35,38)(H,40,41)/b26-15+. The number of hydrogen-bond donors (Lipinski definition) is 5. The number of aromatic carboxylic acids is 1. The minimum Gasteiger partial charge on any atom is -0.507 e. The van der Waals surface area contributed by atoms with Gasteiger partial charge in [-0.1, -0.05) is 54.1 Å². The molecule has 0 bridgehead atoms. The molecule has 0 radical (unpaired) electrons. The monoisotopic (exact) mass is 601 g/mol. The van der Waals surface area contributed by atoms with Crippen molar-refractivity contribution >= 4 is 64.5 Å². The first-order valence-electron chi connectivity index (χ1n) is 12.4. The van der Waals surface area contributed by atoms with Gasteiger partial charge >= 0.3 is 5.97 Å². The van der Waals surface area contributed by atoms with E-state index in [2.05, 4.69) is 16.0 Å². The third kappa shape index (κ3) is 8.23. The fraction of sp³-hybridized carbons (Fsp3) is 0.0323. The molecular formula is C31H24ClN3O6S. The molecular weight excluding hydrogens is 578 g/mol. The van der Waals surface area contributed by atoms with Crippen LogP contribution in [0.4, 0.5) is 11.4 Å². The van der Waals surface area contributed by atoms with Gasteiger partial charge in [-0.15, -0.1) is 11.8 Å². The zero-order valence-corrected chi connectivity index (χ0v) is 23.4. The minimum atomic E-state index is -1.32. The lowest BCUT2D eigenvalue weighted by molar-refractivity contribution is -0.114. The molecule has 4 rings (SSSR count). The Morgan fingerprint density at radius 1 is 0.810 bits per heavy atom. The number of halogens is 1. The van der Waals surface area contributed by atoms with E-state index in [1.807, 2.05) is 0 Å². The summed E-state index contributed by atoms with van der Waals surface area (Å²) in [6, 6.07) is 25.9. The Kier molecular flexibility index (Phi) is 9.99. The van der Waals surface area contributed by atoms with Crippen LogP contribution in [0.15, 0.2) is 108 Å². The third-order valence-corrected chi connectivity index (χ3v) is 7.04. The van der Waals surface area contributed by atoms with Crippen molar-refractivity contribution in [3.8, 4) is 5.75 Å². The topological polar surface area (TPSA) is 145 Å². The van der Waals surface area contributed by atoms with Crippen LogP contribution >= 0.6 is 23.4 Å². The summed E-state index contributed by atoms with van der Waals surface area (Å²) >= 11 is 7.48. The molecule has 3 amide bonds. The second-order valence-electron chi connectivity index (χ2n) is 8.76. The van der Waals surface area contributed by atoms with E-state index in [0.717, 1.165) is 0 Å². The maximum Gasteiger partial charge on any atom is 0.339 e. The molecule has 0 saturated heterocycles. The second-order valence-corrected chi connectivity index (χ2v) is 10.2. The summed E-state index contributed by atoms with van der Waals surface area (Å²) in [5.74, 6) is -3.18. The van der Waals surface area contributed by atoms with Gasteiger partial charge in [-0.25, -0.2) is 4.79 Å². The fourth-order valence-corrected chi connectivity index (χ4v) is 4.63. The summed E-state index contributed by atoms with van der Waals surface area (Å²) in [4.78, 5) is 50.5. The van der Waals surface area contributed by atoms with E-state index in [1.165, 1.54) is 36.0 Å². The number of hydrogen-bond acceptors (Lipinski definition) is 6. The fourth-order valence-electron chi connectivity index (χ4n) is 3.68. The predicted molar refractivity (Wildman–Crippen MR) is 163 cm³/mol. The number of rotatable bonds is 10. The van der Waals surface area contributed by atoms with Crippen LogP contribution < -0.4 is 16.0 Å². The summed E-state index contributed by atoms with van der Waals surface area (Å²) in [6.07, 6.45) is 1.49. The highest BCUT2D eigenvalue weighted by Crippen LogP contribution is 2.25. The van der Waals surface area contributed by atoms with Gasteiger partial charge in [-0.3, -0.25) is 14.4 Å². The van der Waals surface area contributed by atoms with Gasteiger partial charge < -0.3 is 26.2 Å². The summed E-state index contributed by atoms with van der Waals surface area (Å²) in [6.45, 7) is 0. The van der Waals surface area contributed by atoms with Crippen molar-refractivity contribution < 1.29 is 29.4 Å². The molecule has 9 nitrogen and oxygen atoms in total. The molecule has 4 aromatic rings. The number of anilines is 2. The summed E-state index contributed by atoms with van der Waals surface area (Å²) in [7, 11) is 0. The lowest BCUT2D eigenvalue weighted by atomic mass is 10.1. The average molecular weight is 602 g/mol. The van der Waals surface area contributed by atoms with E-state index in [1.54, 1.807) is 78.9 Å². The van der Waals surface area contributed by atoms with Crippen molar-refractivity contribution in [3.05, 3.63) is 124 Å². The molecule has 42 heavy (non-hydrogen) atoms. The molecule has 0 saturated carbocycles. The van der Waals surface area contributed by atoms with E-state index < -0.39 is 29.4 Å². The van der Waals surface area contributed by atoms with Gasteiger partial charge in [0.1, 0.15) is 17.0 Å². The van der Waals surface area contributed by atoms with Crippen molar-refractivity contribution in [1.82, 2.24) is 5.32 Å². The lowest BCUT2D eigenvalue weighted by Gasteiger charge is -2.12. The van der Waals surface area contributed by atoms with Crippen LogP contribution in [-0.4, -0.2) is 39.7 Å². The molecule has 0 aliphatic rings.